The van der Waals surface area contributed by atoms with Crippen molar-refractivity contribution in [1.82, 2.24) is 0 Å². The van der Waals surface area contributed by atoms with Crippen molar-refractivity contribution in [2.24, 2.45) is 0 Å². The predicted molar refractivity (Wildman–Crippen MR) is 135 cm³/mol. The van der Waals surface area contributed by atoms with E-state index in [0.29, 0.717) is 29.4 Å². The van der Waals surface area contributed by atoms with E-state index in [1.807, 2.05) is 12.1 Å². The summed E-state index contributed by atoms with van der Waals surface area (Å²) in [6.45, 7) is 15.3. The Bertz CT molecular complexity index is 969. The van der Waals surface area contributed by atoms with Crippen molar-refractivity contribution in [3.63, 3.8) is 0 Å². The highest BCUT2D eigenvalue weighted by atomic mass is 16.5. The second-order valence-electron chi connectivity index (χ2n) is 9.71. The van der Waals surface area contributed by atoms with Crippen LogP contribution in [0.25, 0.3) is 6.08 Å². The van der Waals surface area contributed by atoms with Crippen LogP contribution in [0.2, 0.25) is 0 Å². The first kappa shape index (κ1) is 25.5. The molecule has 0 unspecified atom stereocenters. The first-order valence-corrected chi connectivity index (χ1v) is 11.6. The van der Waals surface area contributed by atoms with Gasteiger partial charge in [-0.15, -0.1) is 0 Å². The third-order valence-corrected chi connectivity index (χ3v) is 6.51. The minimum absolute atomic E-state index is 0.105. The fraction of sp³-hybridized carbons (Fsp3) is 0.464. The van der Waals surface area contributed by atoms with Crippen LogP contribution in [0.3, 0.4) is 0 Å². The lowest BCUT2D eigenvalue weighted by molar-refractivity contribution is 0.104. The van der Waals surface area contributed by atoms with Gasteiger partial charge in [0.05, 0.1) is 6.61 Å². The molecule has 0 aliphatic heterocycles. The maximum atomic E-state index is 12.8. The van der Waals surface area contributed by atoms with E-state index in [4.69, 9.17) is 10.5 Å². The molecule has 3 N–H and O–H groups in total. The summed E-state index contributed by atoms with van der Waals surface area (Å²) in [6.07, 6.45) is 5.94. The number of allylic oxidation sites excluding steroid dienone is 1. The van der Waals surface area contributed by atoms with E-state index in [1.165, 1.54) is 0 Å². The number of aromatic hydroxyl groups is 1. The van der Waals surface area contributed by atoms with Crippen molar-refractivity contribution < 1.29 is 14.6 Å². The number of nitrogens with two attached hydrogens (primary N) is 1. The van der Waals surface area contributed by atoms with E-state index < -0.39 is 0 Å². The second-order valence-corrected chi connectivity index (χ2v) is 9.71. The first-order valence-electron chi connectivity index (χ1n) is 11.6. The highest BCUT2D eigenvalue weighted by molar-refractivity contribution is 6.07. The Morgan fingerprint density at radius 3 is 2.16 bits per heavy atom. The predicted octanol–water partition coefficient (Wildman–Crippen LogP) is 7.03. The van der Waals surface area contributed by atoms with Crippen LogP contribution in [-0.4, -0.2) is 17.5 Å². The highest BCUT2D eigenvalue weighted by Crippen LogP contribution is 2.48. The Kier molecular flexibility index (Phi) is 8.17. The molecule has 0 spiro atoms. The zero-order chi connectivity index (χ0) is 24.1. The number of phenols is 1. The molecule has 0 saturated carbocycles. The minimum atomic E-state index is -0.295. The average molecular weight is 438 g/mol. The number of anilines is 1. The Hall–Kier alpha value is -2.75. The molecule has 4 nitrogen and oxygen atoms in total. The smallest absolute Gasteiger partial charge is 0.185 e. The minimum Gasteiger partial charge on any atom is -0.507 e. The van der Waals surface area contributed by atoms with Gasteiger partial charge in [-0.3, -0.25) is 4.79 Å². The molecule has 0 aromatic heterocycles. The van der Waals surface area contributed by atoms with Crippen LogP contribution in [-0.2, 0) is 10.8 Å². The Labute approximate surface area is 193 Å². The maximum Gasteiger partial charge on any atom is 0.185 e. The molecule has 2 aromatic rings. The van der Waals surface area contributed by atoms with Gasteiger partial charge in [-0.25, -0.2) is 0 Å². The Morgan fingerprint density at radius 1 is 1.03 bits per heavy atom. The van der Waals surface area contributed by atoms with Crippen molar-refractivity contribution in [1.29, 1.82) is 0 Å². The van der Waals surface area contributed by atoms with Crippen molar-refractivity contribution >= 4 is 17.5 Å². The zero-order valence-electron chi connectivity index (χ0n) is 20.7. The van der Waals surface area contributed by atoms with E-state index in [-0.39, 0.29) is 16.6 Å². The normalized spacial score (nSPS) is 12.3. The summed E-state index contributed by atoms with van der Waals surface area (Å²) in [7, 11) is 0. The van der Waals surface area contributed by atoms with Crippen LogP contribution in [0.5, 0.6) is 11.5 Å². The maximum absolute atomic E-state index is 12.8. The summed E-state index contributed by atoms with van der Waals surface area (Å²) in [5, 5.41) is 11.4. The number of carbonyl (C=O) groups excluding carboxylic acids is 1. The molecule has 0 aliphatic carbocycles. The number of ether oxygens (including phenoxy) is 1. The summed E-state index contributed by atoms with van der Waals surface area (Å²) in [5.41, 5.74) is 8.92. The summed E-state index contributed by atoms with van der Waals surface area (Å²) in [5.74, 6) is 0.858. The number of ketones is 1. The van der Waals surface area contributed by atoms with E-state index >= 15 is 0 Å². The Morgan fingerprint density at radius 2 is 1.62 bits per heavy atom. The van der Waals surface area contributed by atoms with Crippen LogP contribution in [0, 0.1) is 0 Å². The quantitative estimate of drug-likeness (QED) is 0.238. The number of benzene rings is 2. The fourth-order valence-electron chi connectivity index (χ4n) is 3.58. The zero-order valence-corrected chi connectivity index (χ0v) is 20.7. The molecule has 2 aromatic carbocycles. The van der Waals surface area contributed by atoms with Crippen molar-refractivity contribution in [3.8, 4) is 11.5 Å². The third-order valence-electron chi connectivity index (χ3n) is 6.51. The monoisotopic (exact) mass is 437 g/mol. The summed E-state index contributed by atoms with van der Waals surface area (Å²) in [6, 6.07) is 8.88. The average Bonchev–Trinajstić information content (AvgIpc) is 2.76. The molecule has 0 heterocycles. The van der Waals surface area contributed by atoms with Crippen LogP contribution < -0.4 is 10.5 Å². The molecule has 174 valence electrons. The van der Waals surface area contributed by atoms with Gasteiger partial charge in [0.2, 0.25) is 0 Å². The van der Waals surface area contributed by atoms with Crippen molar-refractivity contribution in [2.75, 3.05) is 12.3 Å². The van der Waals surface area contributed by atoms with Gasteiger partial charge in [-0.1, -0.05) is 48.5 Å². The number of nitrogen functional groups attached to an aromatic ring is 1. The molecule has 0 saturated heterocycles. The standard InChI is InChI=1S/C28H39NO3/c1-8-17-32-26-20(13-16-23(30)19-11-14-21(29)15-12-19)18-22(27(4,5)9-2)25(31)24(26)28(6,7)10-3/h11-16,18,31H,8-10,17,29H2,1-7H3/b16-13+. The van der Waals surface area contributed by atoms with Gasteiger partial charge in [0.1, 0.15) is 11.5 Å². The van der Waals surface area contributed by atoms with Gasteiger partial charge in [-0.2, -0.15) is 0 Å². The molecule has 0 fully saturated rings. The molecule has 0 atom stereocenters. The molecule has 32 heavy (non-hydrogen) atoms. The van der Waals surface area contributed by atoms with Crippen molar-refractivity contribution in [2.45, 2.75) is 78.6 Å². The lowest BCUT2D eigenvalue weighted by Crippen LogP contribution is -2.22. The van der Waals surface area contributed by atoms with Crippen LogP contribution >= 0.6 is 0 Å². The lowest BCUT2D eigenvalue weighted by atomic mass is 9.74. The van der Waals surface area contributed by atoms with Gasteiger partial charge in [0, 0.05) is 27.9 Å². The SMILES string of the molecule is CCCOc1c(/C=C/C(=O)c2ccc(N)cc2)cc(C(C)(C)CC)c(O)c1C(C)(C)CC. The fourth-order valence-corrected chi connectivity index (χ4v) is 3.58. The Balaban J connectivity index is 2.72. The van der Waals surface area contributed by atoms with Gasteiger partial charge in [-0.05, 0) is 72.6 Å². The van der Waals surface area contributed by atoms with Crippen LogP contribution in [0.1, 0.15) is 94.8 Å². The van der Waals surface area contributed by atoms with E-state index in [2.05, 4.69) is 48.5 Å². The molecular formula is C28H39NO3. The molecule has 0 radical (unpaired) electrons. The first-order chi connectivity index (χ1) is 15.0. The highest BCUT2D eigenvalue weighted by Gasteiger charge is 2.33. The van der Waals surface area contributed by atoms with E-state index in [0.717, 1.165) is 36.0 Å². The molecule has 0 aliphatic rings. The number of phenolic OH excluding ortho intramolecular Hbond substituents is 1. The summed E-state index contributed by atoms with van der Waals surface area (Å²) >= 11 is 0. The molecular weight excluding hydrogens is 398 g/mol. The summed E-state index contributed by atoms with van der Waals surface area (Å²) < 4.78 is 6.20. The van der Waals surface area contributed by atoms with Crippen LogP contribution in [0.4, 0.5) is 5.69 Å². The third kappa shape index (κ3) is 5.53. The van der Waals surface area contributed by atoms with Crippen LogP contribution in [0.15, 0.2) is 36.4 Å². The number of hydrogen-bond acceptors (Lipinski definition) is 4. The van der Waals surface area contributed by atoms with Gasteiger partial charge in [0.25, 0.3) is 0 Å². The van der Waals surface area contributed by atoms with Gasteiger partial charge < -0.3 is 15.6 Å². The lowest BCUT2D eigenvalue weighted by Gasteiger charge is -2.33. The molecule has 4 heteroatoms. The van der Waals surface area contributed by atoms with E-state index in [1.54, 1.807) is 30.3 Å². The van der Waals surface area contributed by atoms with Gasteiger partial charge >= 0.3 is 0 Å². The number of hydrogen-bond donors (Lipinski definition) is 2. The second kappa shape index (κ2) is 10.2. The molecule has 0 amide bonds. The van der Waals surface area contributed by atoms with Gasteiger partial charge in [0.15, 0.2) is 5.78 Å². The summed E-state index contributed by atoms with van der Waals surface area (Å²) in [4.78, 5) is 12.8. The van der Waals surface area contributed by atoms with E-state index in [9.17, 15) is 9.90 Å². The topological polar surface area (TPSA) is 72.5 Å². The molecule has 2 rings (SSSR count). The largest absolute Gasteiger partial charge is 0.507 e. The molecule has 0 bridgehead atoms. The number of rotatable bonds is 10. The van der Waals surface area contributed by atoms with Crippen molar-refractivity contribution in [3.05, 3.63) is 58.7 Å². The number of carbonyl (C=O) groups is 1.